The Morgan fingerprint density at radius 2 is 1.74 bits per heavy atom. The van der Waals surface area contributed by atoms with Crippen molar-refractivity contribution >= 4 is 0 Å². The second-order valence-electron chi connectivity index (χ2n) is 6.28. The van der Waals surface area contributed by atoms with Gasteiger partial charge in [-0.1, -0.05) is 43.8 Å². The molecule has 0 spiro atoms. The maximum Gasteiger partial charge on any atom is 0.0869 e. The minimum atomic E-state index is 0.0536. The van der Waals surface area contributed by atoms with Crippen molar-refractivity contribution in [3.05, 3.63) is 11.6 Å². The molecule has 0 amide bonds. The van der Waals surface area contributed by atoms with Gasteiger partial charge in [-0.25, -0.2) is 0 Å². The van der Waals surface area contributed by atoms with Crippen molar-refractivity contribution in [1.82, 2.24) is 5.32 Å². The summed E-state index contributed by atoms with van der Waals surface area (Å²) in [6.07, 6.45) is 17.0. The number of rotatable bonds is 4. The van der Waals surface area contributed by atoms with Crippen molar-refractivity contribution in [3.8, 4) is 0 Å². The fourth-order valence-electron chi connectivity index (χ4n) is 4.03. The third-order valence-electron chi connectivity index (χ3n) is 5.12. The van der Waals surface area contributed by atoms with E-state index in [4.69, 9.17) is 4.74 Å². The predicted molar refractivity (Wildman–Crippen MR) is 81.5 cm³/mol. The first kappa shape index (κ1) is 15.1. The number of nitrogens with one attached hydrogen (secondary N) is 1. The SMILES string of the molecule is CNC(C1=CCCCCCC1)C1(OC)CCCCC1. The Hall–Kier alpha value is -0.340. The molecule has 2 heteroatoms. The molecule has 2 nitrogen and oxygen atoms in total. The molecule has 0 aromatic carbocycles. The van der Waals surface area contributed by atoms with Crippen LogP contribution >= 0.6 is 0 Å². The lowest BCUT2D eigenvalue weighted by Gasteiger charge is -2.44. The number of hydrogen-bond donors (Lipinski definition) is 1. The molecule has 2 aliphatic carbocycles. The summed E-state index contributed by atoms with van der Waals surface area (Å²) in [5.41, 5.74) is 1.67. The average Bonchev–Trinajstić information content (AvgIpc) is 2.42. The quantitative estimate of drug-likeness (QED) is 0.769. The minimum absolute atomic E-state index is 0.0536. The Morgan fingerprint density at radius 3 is 2.42 bits per heavy atom. The Balaban J connectivity index is 2.15. The highest BCUT2D eigenvalue weighted by molar-refractivity contribution is 5.19. The van der Waals surface area contributed by atoms with Gasteiger partial charge in [-0.15, -0.1) is 0 Å². The predicted octanol–water partition coefficient (Wildman–Crippen LogP) is 4.20. The summed E-state index contributed by atoms with van der Waals surface area (Å²) in [4.78, 5) is 0. The van der Waals surface area contributed by atoms with E-state index < -0.39 is 0 Å². The molecule has 0 aromatic rings. The highest BCUT2D eigenvalue weighted by Gasteiger charge is 2.40. The van der Waals surface area contributed by atoms with Gasteiger partial charge in [0.1, 0.15) is 0 Å². The van der Waals surface area contributed by atoms with Crippen LogP contribution in [0.2, 0.25) is 0 Å². The molecular weight excluding hydrogens is 234 g/mol. The summed E-state index contributed by atoms with van der Waals surface area (Å²) in [6.45, 7) is 0. The summed E-state index contributed by atoms with van der Waals surface area (Å²) in [5, 5.41) is 3.59. The second-order valence-corrected chi connectivity index (χ2v) is 6.28. The normalized spacial score (nSPS) is 26.1. The fourth-order valence-corrected chi connectivity index (χ4v) is 4.03. The zero-order valence-electron chi connectivity index (χ0n) is 12.8. The minimum Gasteiger partial charge on any atom is -0.376 e. The van der Waals surface area contributed by atoms with Crippen molar-refractivity contribution in [2.75, 3.05) is 14.2 Å². The van der Waals surface area contributed by atoms with Gasteiger partial charge in [0.2, 0.25) is 0 Å². The van der Waals surface area contributed by atoms with Gasteiger partial charge in [0, 0.05) is 7.11 Å². The molecule has 110 valence electrons. The highest BCUT2D eigenvalue weighted by atomic mass is 16.5. The molecule has 0 radical (unpaired) electrons. The van der Waals surface area contributed by atoms with E-state index in [1.54, 1.807) is 5.57 Å². The number of hydrogen-bond acceptors (Lipinski definition) is 2. The average molecular weight is 265 g/mol. The van der Waals surface area contributed by atoms with Gasteiger partial charge in [-0.2, -0.15) is 0 Å². The molecule has 1 unspecified atom stereocenters. The molecule has 1 N–H and O–H groups in total. The summed E-state index contributed by atoms with van der Waals surface area (Å²) in [6, 6.07) is 0.427. The number of ether oxygens (including phenoxy) is 1. The maximum atomic E-state index is 6.05. The van der Waals surface area contributed by atoms with Gasteiger partial charge in [0.15, 0.2) is 0 Å². The van der Waals surface area contributed by atoms with Gasteiger partial charge >= 0.3 is 0 Å². The van der Waals surface area contributed by atoms with E-state index in [0.717, 1.165) is 0 Å². The molecule has 0 bridgehead atoms. The van der Waals surface area contributed by atoms with Crippen molar-refractivity contribution in [1.29, 1.82) is 0 Å². The van der Waals surface area contributed by atoms with E-state index in [-0.39, 0.29) is 5.60 Å². The zero-order chi connectivity index (χ0) is 13.6. The third-order valence-corrected chi connectivity index (χ3v) is 5.12. The fraction of sp³-hybridized carbons (Fsp3) is 0.882. The molecule has 1 saturated carbocycles. The van der Waals surface area contributed by atoms with Gasteiger partial charge in [0.05, 0.1) is 11.6 Å². The molecule has 0 heterocycles. The Morgan fingerprint density at radius 1 is 1.05 bits per heavy atom. The summed E-state index contributed by atoms with van der Waals surface area (Å²) >= 11 is 0. The van der Waals surface area contributed by atoms with Gasteiger partial charge in [0.25, 0.3) is 0 Å². The van der Waals surface area contributed by atoms with Crippen LogP contribution in [0.1, 0.15) is 70.6 Å². The van der Waals surface area contributed by atoms with Crippen LogP contribution in [0, 0.1) is 0 Å². The van der Waals surface area contributed by atoms with Crippen LogP contribution in [-0.2, 0) is 4.74 Å². The van der Waals surface area contributed by atoms with Crippen LogP contribution < -0.4 is 5.32 Å². The van der Waals surface area contributed by atoms with Crippen LogP contribution in [0.5, 0.6) is 0 Å². The number of allylic oxidation sites excluding steroid dienone is 1. The Labute approximate surface area is 119 Å². The lowest BCUT2D eigenvalue weighted by atomic mass is 9.75. The smallest absolute Gasteiger partial charge is 0.0869 e. The molecular formula is C17H31NO. The topological polar surface area (TPSA) is 21.3 Å². The van der Waals surface area contributed by atoms with Crippen LogP contribution in [0.4, 0.5) is 0 Å². The van der Waals surface area contributed by atoms with Gasteiger partial charge < -0.3 is 10.1 Å². The molecule has 0 aromatic heterocycles. The standard InChI is InChI=1S/C17H31NO/c1-18-16(15-11-7-4-3-5-8-12-15)17(19-2)13-9-6-10-14-17/h11,16,18H,3-10,12-14H2,1-2H3. The monoisotopic (exact) mass is 265 g/mol. The van der Waals surface area contributed by atoms with E-state index in [1.807, 2.05) is 7.11 Å². The molecule has 0 saturated heterocycles. The molecule has 19 heavy (non-hydrogen) atoms. The van der Waals surface area contributed by atoms with Crippen LogP contribution in [0.25, 0.3) is 0 Å². The lowest BCUT2D eigenvalue weighted by Crippen LogP contribution is -2.53. The Bertz CT molecular complexity index is 292. The van der Waals surface area contributed by atoms with E-state index in [1.165, 1.54) is 70.6 Å². The highest BCUT2D eigenvalue weighted by Crippen LogP contribution is 2.38. The first-order valence-electron chi connectivity index (χ1n) is 8.24. The van der Waals surface area contributed by atoms with Gasteiger partial charge in [-0.3, -0.25) is 0 Å². The Kier molecular flexibility index (Phi) is 5.90. The molecule has 2 rings (SSSR count). The van der Waals surface area contributed by atoms with Crippen LogP contribution in [0.15, 0.2) is 11.6 Å². The van der Waals surface area contributed by atoms with E-state index >= 15 is 0 Å². The first-order valence-corrected chi connectivity index (χ1v) is 8.24. The summed E-state index contributed by atoms with van der Waals surface area (Å²) in [5.74, 6) is 0. The molecule has 0 aliphatic heterocycles. The number of methoxy groups -OCH3 is 1. The third kappa shape index (κ3) is 3.61. The van der Waals surface area contributed by atoms with Gasteiger partial charge in [-0.05, 0) is 45.6 Å². The summed E-state index contributed by atoms with van der Waals surface area (Å²) < 4.78 is 6.05. The lowest BCUT2D eigenvalue weighted by molar-refractivity contribution is -0.0579. The zero-order valence-corrected chi connectivity index (χ0v) is 12.8. The van der Waals surface area contributed by atoms with Crippen LogP contribution in [0.3, 0.4) is 0 Å². The number of likely N-dealkylation sites (N-methyl/N-ethyl adjacent to an activating group) is 1. The van der Waals surface area contributed by atoms with Crippen molar-refractivity contribution in [3.63, 3.8) is 0 Å². The van der Waals surface area contributed by atoms with Crippen LogP contribution in [-0.4, -0.2) is 25.8 Å². The van der Waals surface area contributed by atoms with Crippen molar-refractivity contribution < 1.29 is 4.74 Å². The van der Waals surface area contributed by atoms with Crippen molar-refractivity contribution in [2.45, 2.75) is 82.3 Å². The van der Waals surface area contributed by atoms with E-state index in [2.05, 4.69) is 18.4 Å². The first-order chi connectivity index (χ1) is 9.32. The van der Waals surface area contributed by atoms with Crippen molar-refractivity contribution in [2.24, 2.45) is 0 Å². The van der Waals surface area contributed by atoms with E-state index in [0.29, 0.717) is 6.04 Å². The molecule has 1 atom stereocenters. The summed E-state index contributed by atoms with van der Waals surface area (Å²) in [7, 11) is 4.03. The second kappa shape index (κ2) is 7.44. The largest absolute Gasteiger partial charge is 0.376 e. The van der Waals surface area contributed by atoms with E-state index in [9.17, 15) is 0 Å². The molecule has 1 fully saturated rings. The molecule has 2 aliphatic rings. The maximum absolute atomic E-state index is 6.05.